The number of hydrogen-bond donors (Lipinski definition) is 1. The van der Waals surface area contributed by atoms with Crippen LogP contribution in [0.15, 0.2) is 52.0 Å². The van der Waals surface area contributed by atoms with Gasteiger partial charge in [-0.2, -0.15) is 5.10 Å². The minimum Gasteiger partial charge on any atom is -0.496 e. The van der Waals surface area contributed by atoms with E-state index in [9.17, 15) is 4.79 Å². The summed E-state index contributed by atoms with van der Waals surface area (Å²) in [6, 6.07) is 13.6. The van der Waals surface area contributed by atoms with Crippen molar-refractivity contribution >= 4 is 39.7 Å². The minimum absolute atomic E-state index is 0.124. The maximum absolute atomic E-state index is 12.2. The van der Waals surface area contributed by atoms with Gasteiger partial charge in [0, 0.05) is 47.8 Å². The summed E-state index contributed by atoms with van der Waals surface area (Å²) in [5.41, 5.74) is 4.64. The summed E-state index contributed by atoms with van der Waals surface area (Å²) < 4.78 is 6.21. The molecule has 2 aromatic carbocycles. The summed E-state index contributed by atoms with van der Waals surface area (Å²) in [6.07, 6.45) is 1.59. The molecule has 1 amide bonds. The molecule has 6 nitrogen and oxygen atoms in total. The van der Waals surface area contributed by atoms with Crippen LogP contribution in [0.5, 0.6) is 5.75 Å². The van der Waals surface area contributed by atoms with Gasteiger partial charge in [-0.1, -0.05) is 39.7 Å². The van der Waals surface area contributed by atoms with E-state index in [0.29, 0.717) is 12.3 Å². The molecule has 0 bridgehead atoms. The summed E-state index contributed by atoms with van der Waals surface area (Å²) in [7, 11) is 1.60. The Bertz CT molecular complexity index is 852. The van der Waals surface area contributed by atoms with Crippen molar-refractivity contribution < 1.29 is 9.53 Å². The van der Waals surface area contributed by atoms with Crippen LogP contribution in [0.1, 0.15) is 11.1 Å². The van der Waals surface area contributed by atoms with Crippen LogP contribution in [0, 0.1) is 0 Å². The first-order chi connectivity index (χ1) is 14.0. The number of hydrazone groups is 1. The van der Waals surface area contributed by atoms with Gasteiger partial charge in [-0.15, -0.1) is 0 Å². The molecule has 0 aromatic heterocycles. The zero-order chi connectivity index (χ0) is 20.6. The van der Waals surface area contributed by atoms with Crippen LogP contribution < -0.4 is 10.2 Å². The standard InChI is InChI=1S/C21H24BrClN4O2/c1-29-20-7-4-18(22)12-17(20)13-24-25-21(28)15-27-10-8-26(9-11-27)14-16-2-5-19(23)6-3-16/h2-7,12-13H,8-11,14-15H2,1H3,(H,25,28)/b24-13-. The van der Waals surface area contributed by atoms with Gasteiger partial charge in [0.05, 0.1) is 19.9 Å². The molecule has 0 radical (unpaired) electrons. The second-order valence-corrected chi connectivity index (χ2v) is 8.21. The summed E-state index contributed by atoms with van der Waals surface area (Å²) in [5, 5.41) is 4.82. The number of benzene rings is 2. The first-order valence-corrected chi connectivity index (χ1v) is 10.5. The van der Waals surface area contributed by atoms with Crippen molar-refractivity contribution in [1.82, 2.24) is 15.2 Å². The number of amides is 1. The molecule has 1 fully saturated rings. The summed E-state index contributed by atoms with van der Waals surface area (Å²) in [4.78, 5) is 16.7. The first-order valence-electron chi connectivity index (χ1n) is 9.38. The predicted molar refractivity (Wildman–Crippen MR) is 120 cm³/mol. The number of halogens is 2. The molecular weight excluding hydrogens is 456 g/mol. The van der Waals surface area contributed by atoms with Crippen LogP contribution in [-0.4, -0.2) is 61.8 Å². The molecular formula is C21H24BrClN4O2. The number of carbonyl (C=O) groups is 1. The smallest absolute Gasteiger partial charge is 0.254 e. The summed E-state index contributed by atoms with van der Waals surface area (Å²) in [6.45, 7) is 4.79. The van der Waals surface area contributed by atoms with Gasteiger partial charge in [-0.3, -0.25) is 14.6 Å². The van der Waals surface area contributed by atoms with Crippen molar-refractivity contribution in [3.05, 3.63) is 63.1 Å². The third-order valence-corrected chi connectivity index (χ3v) is 5.48. The average Bonchev–Trinajstić information content (AvgIpc) is 2.71. The highest BCUT2D eigenvalue weighted by Gasteiger charge is 2.18. The highest BCUT2D eigenvalue weighted by atomic mass is 79.9. The lowest BCUT2D eigenvalue weighted by molar-refractivity contribution is -0.122. The van der Waals surface area contributed by atoms with Crippen LogP contribution in [0.3, 0.4) is 0 Å². The fraction of sp³-hybridized carbons (Fsp3) is 0.333. The van der Waals surface area contributed by atoms with Gasteiger partial charge in [-0.05, 0) is 35.9 Å². The second kappa shape index (κ2) is 10.7. The topological polar surface area (TPSA) is 57.2 Å². The second-order valence-electron chi connectivity index (χ2n) is 6.86. The van der Waals surface area contributed by atoms with E-state index in [-0.39, 0.29) is 5.91 Å². The summed E-state index contributed by atoms with van der Waals surface area (Å²) in [5.74, 6) is 0.573. The number of methoxy groups -OCH3 is 1. The Balaban J connectivity index is 1.41. The number of carbonyl (C=O) groups excluding carboxylic acids is 1. The molecule has 1 saturated heterocycles. The molecule has 1 heterocycles. The van der Waals surface area contributed by atoms with E-state index in [1.54, 1.807) is 13.3 Å². The molecule has 29 heavy (non-hydrogen) atoms. The maximum Gasteiger partial charge on any atom is 0.254 e. The van der Waals surface area contributed by atoms with Crippen LogP contribution in [0.2, 0.25) is 5.02 Å². The van der Waals surface area contributed by atoms with E-state index in [0.717, 1.165) is 47.8 Å². The fourth-order valence-corrected chi connectivity index (χ4v) is 3.68. The van der Waals surface area contributed by atoms with Crippen LogP contribution in [-0.2, 0) is 11.3 Å². The lowest BCUT2D eigenvalue weighted by Crippen LogP contribution is -2.48. The molecule has 0 saturated carbocycles. The van der Waals surface area contributed by atoms with Gasteiger partial charge in [-0.25, -0.2) is 5.43 Å². The van der Waals surface area contributed by atoms with Crippen LogP contribution in [0.25, 0.3) is 0 Å². The molecule has 1 N–H and O–H groups in total. The van der Waals surface area contributed by atoms with Crippen molar-refractivity contribution in [3.8, 4) is 5.75 Å². The zero-order valence-electron chi connectivity index (χ0n) is 16.3. The molecule has 2 aromatic rings. The Kier molecular flexibility index (Phi) is 8.06. The van der Waals surface area contributed by atoms with E-state index in [1.807, 2.05) is 30.3 Å². The molecule has 8 heteroatoms. The van der Waals surface area contributed by atoms with Crippen molar-refractivity contribution in [3.63, 3.8) is 0 Å². The average molecular weight is 480 g/mol. The largest absolute Gasteiger partial charge is 0.496 e. The van der Waals surface area contributed by atoms with E-state index in [2.05, 4.69) is 48.4 Å². The normalized spacial score (nSPS) is 15.6. The first kappa shape index (κ1) is 21.8. The number of ether oxygens (including phenoxy) is 1. The van der Waals surface area contributed by atoms with Gasteiger partial charge < -0.3 is 4.74 Å². The van der Waals surface area contributed by atoms with E-state index < -0.39 is 0 Å². The van der Waals surface area contributed by atoms with Crippen LogP contribution >= 0.6 is 27.5 Å². The van der Waals surface area contributed by atoms with Crippen LogP contribution in [0.4, 0.5) is 0 Å². The molecule has 3 rings (SSSR count). The Labute approximate surface area is 184 Å². The lowest BCUT2D eigenvalue weighted by atomic mass is 10.2. The lowest BCUT2D eigenvalue weighted by Gasteiger charge is -2.34. The monoisotopic (exact) mass is 478 g/mol. The van der Waals surface area contributed by atoms with Gasteiger partial charge >= 0.3 is 0 Å². The number of nitrogens with one attached hydrogen (secondary N) is 1. The van der Waals surface area contributed by atoms with Crippen molar-refractivity contribution in [1.29, 1.82) is 0 Å². The van der Waals surface area contributed by atoms with Crippen molar-refractivity contribution in [2.45, 2.75) is 6.54 Å². The molecule has 0 aliphatic carbocycles. The molecule has 154 valence electrons. The molecule has 0 spiro atoms. The molecule has 1 aliphatic rings. The van der Waals surface area contributed by atoms with Gasteiger partial charge in [0.2, 0.25) is 0 Å². The number of nitrogens with zero attached hydrogens (tertiary/aromatic N) is 3. The van der Waals surface area contributed by atoms with E-state index in [1.165, 1.54) is 5.56 Å². The Hall–Kier alpha value is -1.93. The van der Waals surface area contributed by atoms with Gasteiger partial charge in [0.1, 0.15) is 5.75 Å². The Morgan fingerprint density at radius 3 is 2.55 bits per heavy atom. The van der Waals surface area contributed by atoms with E-state index >= 15 is 0 Å². The SMILES string of the molecule is COc1ccc(Br)cc1/C=N\NC(=O)CN1CCN(Cc2ccc(Cl)cc2)CC1. The molecule has 0 atom stereocenters. The number of piperazine rings is 1. The molecule has 1 aliphatic heterocycles. The van der Waals surface area contributed by atoms with Crippen molar-refractivity contribution in [2.24, 2.45) is 5.10 Å². The Morgan fingerprint density at radius 1 is 1.17 bits per heavy atom. The van der Waals surface area contributed by atoms with E-state index in [4.69, 9.17) is 16.3 Å². The quantitative estimate of drug-likeness (QED) is 0.489. The van der Waals surface area contributed by atoms with Gasteiger partial charge in [0.15, 0.2) is 0 Å². The minimum atomic E-state index is -0.124. The number of rotatable bonds is 7. The maximum atomic E-state index is 12.2. The van der Waals surface area contributed by atoms with Gasteiger partial charge in [0.25, 0.3) is 5.91 Å². The highest BCUT2D eigenvalue weighted by Crippen LogP contribution is 2.21. The Morgan fingerprint density at radius 2 is 1.86 bits per heavy atom. The fourth-order valence-electron chi connectivity index (χ4n) is 3.17. The predicted octanol–water partition coefficient (Wildman–Crippen LogP) is 3.38. The zero-order valence-corrected chi connectivity index (χ0v) is 18.6. The number of hydrogen-bond acceptors (Lipinski definition) is 5. The third-order valence-electron chi connectivity index (χ3n) is 4.74. The highest BCUT2D eigenvalue weighted by molar-refractivity contribution is 9.10. The third kappa shape index (κ3) is 6.82. The van der Waals surface area contributed by atoms with Crippen molar-refractivity contribution in [2.75, 3.05) is 39.8 Å². The summed E-state index contributed by atoms with van der Waals surface area (Å²) >= 11 is 9.36. The molecule has 0 unspecified atom stereocenters.